The minimum Gasteiger partial charge on any atom is -0.447 e. The molecule has 3 saturated heterocycles. The van der Waals surface area contributed by atoms with E-state index in [0.29, 0.717) is 6.54 Å². The van der Waals surface area contributed by atoms with Gasteiger partial charge in [0.05, 0.1) is 12.1 Å². The number of ether oxygens (including phenoxy) is 1. The lowest BCUT2D eigenvalue weighted by atomic mass is 9.86. The number of hydrogen-bond acceptors (Lipinski definition) is 6. The Morgan fingerprint density at radius 3 is 2.79 bits per heavy atom. The zero-order valence-electron chi connectivity index (χ0n) is 16.2. The number of rotatable bonds is 8. The van der Waals surface area contributed by atoms with Crippen LogP contribution in [-0.2, 0) is 4.74 Å². The molecule has 3 rings (SSSR count). The normalized spacial score (nSPS) is 30.0. The largest absolute Gasteiger partial charge is 0.447 e. The van der Waals surface area contributed by atoms with Gasteiger partial charge in [0.1, 0.15) is 6.61 Å². The minimum atomic E-state index is -2.14. The van der Waals surface area contributed by atoms with Gasteiger partial charge < -0.3 is 41.1 Å². The Morgan fingerprint density at radius 1 is 1.29 bits per heavy atom. The molecule has 3 aliphatic rings. The molecule has 3 heterocycles. The summed E-state index contributed by atoms with van der Waals surface area (Å²) in [6.07, 6.45) is 4.94. The molecule has 1 spiro atoms. The van der Waals surface area contributed by atoms with Crippen molar-refractivity contribution in [3.63, 3.8) is 0 Å². The van der Waals surface area contributed by atoms with Crippen LogP contribution < -0.4 is 21.3 Å². The van der Waals surface area contributed by atoms with E-state index in [2.05, 4.69) is 28.2 Å². The number of guanidine groups is 2. The summed E-state index contributed by atoms with van der Waals surface area (Å²) in [5, 5.41) is 48.6. The fourth-order valence-corrected chi connectivity index (χ4v) is 4.29. The molecule has 3 atom stereocenters. The Bertz CT molecular complexity index is 629. The van der Waals surface area contributed by atoms with E-state index in [-0.39, 0.29) is 31.5 Å². The molecule has 0 aromatic carbocycles. The first-order valence-corrected chi connectivity index (χ1v) is 9.93. The zero-order valence-corrected chi connectivity index (χ0v) is 16.2. The van der Waals surface area contributed by atoms with Gasteiger partial charge in [0.15, 0.2) is 17.6 Å². The van der Waals surface area contributed by atoms with E-state index in [0.717, 1.165) is 19.3 Å². The van der Waals surface area contributed by atoms with Gasteiger partial charge in [-0.2, -0.15) is 0 Å². The van der Waals surface area contributed by atoms with E-state index >= 15 is 0 Å². The first-order chi connectivity index (χ1) is 13.3. The summed E-state index contributed by atoms with van der Waals surface area (Å²) < 4.78 is 5.29. The van der Waals surface area contributed by atoms with Crippen molar-refractivity contribution in [2.24, 2.45) is 0 Å². The average Bonchev–Trinajstić information content (AvgIpc) is 3.13. The van der Waals surface area contributed by atoms with Crippen LogP contribution in [0.2, 0.25) is 0 Å². The van der Waals surface area contributed by atoms with E-state index in [9.17, 15) is 15.0 Å². The Hall–Kier alpha value is -2.27. The van der Waals surface area contributed by atoms with E-state index in [1.54, 1.807) is 0 Å². The molecule has 0 aliphatic carbocycles. The van der Waals surface area contributed by atoms with Crippen LogP contribution in [0.1, 0.15) is 45.4 Å². The lowest BCUT2D eigenvalue weighted by Crippen LogP contribution is -2.80. The van der Waals surface area contributed by atoms with Crippen LogP contribution in [0.25, 0.3) is 0 Å². The molecule has 0 aromatic heterocycles. The monoisotopic (exact) mass is 397 g/mol. The molecular formula is C17H31N7O4. The molecule has 0 bridgehead atoms. The van der Waals surface area contributed by atoms with Crippen molar-refractivity contribution >= 4 is 18.0 Å². The van der Waals surface area contributed by atoms with Crippen molar-refractivity contribution < 1.29 is 19.7 Å². The molecule has 0 aromatic rings. The van der Waals surface area contributed by atoms with Gasteiger partial charge in [-0.15, -0.1) is 0 Å². The standard InChI is InChI=1S/C17H31N7O4/c1-2-3-4-5-6-8-20-15(25)28-10-11-12-17(23-13(18)22-12)16(26,27)7-9-24(17)14(19)21-11/h11-12,26-27H,2-10H2,1H3,(H2,19,21)(H,20,25)(H3,18,22,23)/t11-,12?,17?/m0/s1. The van der Waals surface area contributed by atoms with Gasteiger partial charge in [0.2, 0.25) is 5.79 Å². The van der Waals surface area contributed by atoms with Gasteiger partial charge in [-0.1, -0.05) is 32.6 Å². The van der Waals surface area contributed by atoms with Crippen molar-refractivity contribution in [2.45, 2.75) is 69.0 Å². The number of carbonyl (C=O) groups excluding carboxylic acids is 1. The van der Waals surface area contributed by atoms with Crippen molar-refractivity contribution in [1.82, 2.24) is 26.2 Å². The lowest BCUT2D eigenvalue weighted by molar-refractivity contribution is -0.223. The fraction of sp³-hybridized carbons (Fsp3) is 0.824. The number of nitrogens with one attached hydrogen (secondary N) is 6. The third kappa shape index (κ3) is 3.55. The van der Waals surface area contributed by atoms with Crippen LogP contribution in [0.15, 0.2) is 0 Å². The molecule has 11 heteroatoms. The second-order valence-corrected chi connectivity index (χ2v) is 7.65. The van der Waals surface area contributed by atoms with Gasteiger partial charge >= 0.3 is 6.09 Å². The smallest absolute Gasteiger partial charge is 0.407 e. The number of nitrogens with zero attached hydrogens (tertiary/aromatic N) is 1. The van der Waals surface area contributed by atoms with E-state index in [4.69, 9.17) is 15.6 Å². The van der Waals surface area contributed by atoms with Crippen molar-refractivity contribution in [2.75, 3.05) is 19.7 Å². The van der Waals surface area contributed by atoms with Crippen LogP contribution in [0.5, 0.6) is 0 Å². The summed E-state index contributed by atoms with van der Waals surface area (Å²) >= 11 is 0. The summed E-state index contributed by atoms with van der Waals surface area (Å²) in [6.45, 7) is 2.86. The minimum absolute atomic E-state index is 0.00448. The number of aliphatic hydroxyl groups is 2. The maximum atomic E-state index is 12.0. The first-order valence-electron chi connectivity index (χ1n) is 9.93. The Balaban J connectivity index is 1.56. The Morgan fingerprint density at radius 2 is 2.04 bits per heavy atom. The Labute approximate surface area is 164 Å². The number of unbranched alkanes of at least 4 members (excludes halogenated alkanes) is 4. The third-order valence-corrected chi connectivity index (χ3v) is 5.72. The average molecular weight is 397 g/mol. The predicted molar refractivity (Wildman–Crippen MR) is 102 cm³/mol. The van der Waals surface area contributed by atoms with E-state index in [1.807, 2.05) is 0 Å². The molecule has 3 fully saturated rings. The highest BCUT2D eigenvalue weighted by atomic mass is 16.5. The van der Waals surface area contributed by atoms with Crippen LogP contribution in [0.4, 0.5) is 4.79 Å². The third-order valence-electron chi connectivity index (χ3n) is 5.72. The summed E-state index contributed by atoms with van der Waals surface area (Å²) in [6, 6.07) is -1.28. The number of amides is 1. The van der Waals surface area contributed by atoms with E-state index in [1.165, 1.54) is 17.7 Å². The van der Waals surface area contributed by atoms with Gasteiger partial charge in [0.25, 0.3) is 0 Å². The molecule has 0 saturated carbocycles. The van der Waals surface area contributed by atoms with Gasteiger partial charge in [-0.25, -0.2) is 4.79 Å². The Kier molecular flexibility index (Phi) is 5.84. The number of hydrogen-bond donors (Lipinski definition) is 8. The maximum Gasteiger partial charge on any atom is 0.407 e. The first kappa shape index (κ1) is 20.5. The second kappa shape index (κ2) is 8.00. The summed E-state index contributed by atoms with van der Waals surface area (Å²) in [5.41, 5.74) is -1.45. The molecular weight excluding hydrogens is 366 g/mol. The topological polar surface area (TPSA) is 166 Å². The summed E-state index contributed by atoms with van der Waals surface area (Å²) in [5.74, 6) is -2.21. The van der Waals surface area contributed by atoms with Crippen LogP contribution in [0.3, 0.4) is 0 Å². The molecule has 0 radical (unpaired) electrons. The van der Waals surface area contributed by atoms with Crippen LogP contribution in [0, 0.1) is 10.8 Å². The summed E-state index contributed by atoms with van der Waals surface area (Å²) in [4.78, 5) is 13.5. The molecule has 28 heavy (non-hydrogen) atoms. The molecule has 11 nitrogen and oxygen atoms in total. The highest BCUT2D eigenvalue weighted by Crippen LogP contribution is 2.42. The quantitative estimate of drug-likeness (QED) is 0.194. The number of carbonyl (C=O) groups is 1. The van der Waals surface area contributed by atoms with E-state index < -0.39 is 29.6 Å². The second-order valence-electron chi connectivity index (χ2n) is 7.65. The van der Waals surface area contributed by atoms with Crippen LogP contribution >= 0.6 is 0 Å². The van der Waals surface area contributed by atoms with Crippen LogP contribution in [-0.4, -0.2) is 76.4 Å². The zero-order chi connectivity index (χ0) is 20.4. The SMILES string of the molecule is CCCCCCCNC(=O)OC[C@@H]1NC(=N)N2CCC(O)(O)C23NC(=N)NC13. The summed E-state index contributed by atoms with van der Waals surface area (Å²) in [7, 11) is 0. The highest BCUT2D eigenvalue weighted by Gasteiger charge is 2.70. The molecule has 1 amide bonds. The molecule has 3 aliphatic heterocycles. The van der Waals surface area contributed by atoms with Crippen molar-refractivity contribution in [3.05, 3.63) is 0 Å². The number of alkyl carbamates (subject to hydrolysis) is 1. The maximum absolute atomic E-state index is 12.0. The van der Waals surface area contributed by atoms with Crippen molar-refractivity contribution in [1.29, 1.82) is 10.8 Å². The lowest BCUT2D eigenvalue weighted by Gasteiger charge is -2.51. The molecule has 2 unspecified atom stereocenters. The molecule has 158 valence electrons. The van der Waals surface area contributed by atoms with Gasteiger partial charge in [-0.05, 0) is 6.42 Å². The van der Waals surface area contributed by atoms with Gasteiger partial charge in [-0.3, -0.25) is 10.8 Å². The van der Waals surface area contributed by atoms with Crippen molar-refractivity contribution in [3.8, 4) is 0 Å². The van der Waals surface area contributed by atoms with Gasteiger partial charge in [0, 0.05) is 19.5 Å². The molecule has 8 N–H and O–H groups in total. The highest BCUT2D eigenvalue weighted by molar-refractivity contribution is 5.87. The predicted octanol–water partition coefficient (Wildman–Crippen LogP) is -0.831. The fourth-order valence-electron chi connectivity index (χ4n) is 4.29.